The summed E-state index contributed by atoms with van der Waals surface area (Å²) >= 11 is 0. The maximum absolute atomic E-state index is 12.2. The number of hydrogen-bond donors (Lipinski definition) is 2. The second kappa shape index (κ2) is 7.43. The zero-order valence-corrected chi connectivity index (χ0v) is 13.0. The molecule has 0 heterocycles. The van der Waals surface area contributed by atoms with Crippen molar-refractivity contribution in [2.45, 2.75) is 31.6 Å². The van der Waals surface area contributed by atoms with E-state index in [1.807, 2.05) is 0 Å². The number of rotatable bonds is 6. The highest BCUT2D eigenvalue weighted by Crippen LogP contribution is 2.29. The highest BCUT2D eigenvalue weighted by Gasteiger charge is 2.29. The van der Waals surface area contributed by atoms with E-state index in [1.54, 1.807) is 19.2 Å². The number of benzene rings is 1. The average molecular weight is 331 g/mol. The minimum atomic E-state index is -4.38. The van der Waals surface area contributed by atoms with Gasteiger partial charge in [-0.3, -0.25) is 4.99 Å². The van der Waals surface area contributed by atoms with E-state index < -0.39 is 12.8 Å². The van der Waals surface area contributed by atoms with Crippen LogP contribution < -0.4 is 20.1 Å². The lowest BCUT2D eigenvalue weighted by molar-refractivity contribution is -0.153. The smallest absolute Gasteiger partial charge is 0.422 e. The van der Waals surface area contributed by atoms with E-state index in [0.29, 0.717) is 18.5 Å². The van der Waals surface area contributed by atoms with E-state index in [0.717, 1.165) is 18.4 Å². The van der Waals surface area contributed by atoms with Crippen LogP contribution in [0.25, 0.3) is 0 Å². The Labute approximate surface area is 132 Å². The topological polar surface area (TPSA) is 54.9 Å². The number of alkyl halides is 3. The molecule has 1 fully saturated rings. The Hall–Kier alpha value is -2.12. The number of hydrogen-bond acceptors (Lipinski definition) is 3. The van der Waals surface area contributed by atoms with Crippen molar-refractivity contribution in [3.05, 3.63) is 23.8 Å². The van der Waals surface area contributed by atoms with E-state index in [-0.39, 0.29) is 11.5 Å². The molecule has 0 aliphatic heterocycles. The lowest BCUT2D eigenvalue weighted by Crippen LogP contribution is -2.38. The first kappa shape index (κ1) is 17.2. The maximum atomic E-state index is 12.2. The summed E-state index contributed by atoms with van der Waals surface area (Å²) in [4.78, 5) is 4.11. The normalized spacial score (nSPS) is 15.3. The summed E-state index contributed by atoms with van der Waals surface area (Å²) in [6.45, 7) is -0.874. The molecule has 0 radical (unpaired) electrons. The Balaban J connectivity index is 1.94. The predicted octanol–water partition coefficient (Wildman–Crippen LogP) is 2.46. The first-order valence-corrected chi connectivity index (χ1v) is 7.25. The maximum Gasteiger partial charge on any atom is 0.422 e. The summed E-state index contributed by atoms with van der Waals surface area (Å²) in [6, 6.07) is 5.28. The molecule has 128 valence electrons. The molecule has 0 saturated heterocycles. The van der Waals surface area contributed by atoms with E-state index in [9.17, 15) is 13.2 Å². The zero-order valence-electron chi connectivity index (χ0n) is 13.0. The quantitative estimate of drug-likeness (QED) is 0.621. The molecule has 0 bridgehead atoms. The molecule has 2 N–H and O–H groups in total. The molecule has 0 aromatic heterocycles. The number of nitrogens with zero attached hydrogens (tertiary/aromatic N) is 1. The molecule has 1 saturated carbocycles. The fourth-order valence-corrected chi connectivity index (χ4v) is 1.90. The molecule has 0 unspecified atom stereocenters. The SMILES string of the molecule is CN=C(NCc1ccc(OCC(F)(F)F)c(OC)c1)NC1CC1. The monoisotopic (exact) mass is 331 g/mol. The fourth-order valence-electron chi connectivity index (χ4n) is 1.90. The molecular weight excluding hydrogens is 311 g/mol. The van der Waals surface area contributed by atoms with Crippen molar-refractivity contribution in [2.24, 2.45) is 4.99 Å². The van der Waals surface area contributed by atoms with Crippen LogP contribution in [-0.2, 0) is 6.54 Å². The molecule has 5 nitrogen and oxygen atoms in total. The molecule has 0 amide bonds. The van der Waals surface area contributed by atoms with Crippen LogP contribution in [0.4, 0.5) is 13.2 Å². The summed E-state index contributed by atoms with van der Waals surface area (Å²) in [5.41, 5.74) is 0.847. The van der Waals surface area contributed by atoms with Gasteiger partial charge in [0.25, 0.3) is 0 Å². The van der Waals surface area contributed by atoms with Crippen molar-refractivity contribution in [1.29, 1.82) is 0 Å². The van der Waals surface area contributed by atoms with Crippen LogP contribution in [0.3, 0.4) is 0 Å². The van der Waals surface area contributed by atoms with Crippen molar-refractivity contribution in [1.82, 2.24) is 10.6 Å². The Bertz CT molecular complexity index is 557. The van der Waals surface area contributed by atoms with Gasteiger partial charge in [0.2, 0.25) is 0 Å². The third-order valence-corrected chi connectivity index (χ3v) is 3.22. The number of ether oxygens (including phenoxy) is 2. The summed E-state index contributed by atoms with van der Waals surface area (Å²) in [5.74, 6) is 1.02. The van der Waals surface area contributed by atoms with Gasteiger partial charge in [-0.25, -0.2) is 0 Å². The average Bonchev–Trinajstić information content (AvgIpc) is 3.32. The zero-order chi connectivity index (χ0) is 16.9. The Kier molecular flexibility index (Phi) is 5.57. The standard InChI is InChI=1S/C15H20F3N3O2/c1-19-14(21-11-4-5-11)20-8-10-3-6-12(13(7-10)22-2)23-9-15(16,17)18/h3,6-7,11H,4-5,8-9H2,1-2H3,(H2,19,20,21). The van der Waals surface area contributed by atoms with Gasteiger partial charge in [-0.1, -0.05) is 6.07 Å². The third kappa shape index (κ3) is 5.88. The molecular formula is C15H20F3N3O2. The molecule has 0 spiro atoms. The van der Waals surface area contributed by atoms with Crippen molar-refractivity contribution >= 4 is 5.96 Å². The molecule has 8 heteroatoms. The van der Waals surface area contributed by atoms with Gasteiger partial charge < -0.3 is 20.1 Å². The third-order valence-electron chi connectivity index (χ3n) is 3.22. The Morgan fingerprint density at radius 2 is 2.04 bits per heavy atom. The van der Waals surface area contributed by atoms with E-state index in [1.165, 1.54) is 13.2 Å². The van der Waals surface area contributed by atoms with Crippen LogP contribution in [0.15, 0.2) is 23.2 Å². The summed E-state index contributed by atoms with van der Waals surface area (Å²) in [6.07, 6.45) is -2.11. The molecule has 1 aliphatic carbocycles. The number of halogens is 3. The molecule has 2 rings (SSSR count). The van der Waals surface area contributed by atoms with Gasteiger partial charge in [0, 0.05) is 19.6 Å². The Morgan fingerprint density at radius 1 is 1.30 bits per heavy atom. The second-order valence-electron chi connectivity index (χ2n) is 5.23. The number of aliphatic imine (C=N–C) groups is 1. The van der Waals surface area contributed by atoms with Crippen molar-refractivity contribution in [3.8, 4) is 11.5 Å². The highest BCUT2D eigenvalue weighted by molar-refractivity contribution is 5.80. The van der Waals surface area contributed by atoms with Crippen LogP contribution in [-0.4, -0.2) is 38.9 Å². The van der Waals surface area contributed by atoms with Crippen LogP contribution in [0, 0.1) is 0 Å². The van der Waals surface area contributed by atoms with Crippen molar-refractivity contribution in [2.75, 3.05) is 20.8 Å². The van der Waals surface area contributed by atoms with Gasteiger partial charge in [0.15, 0.2) is 24.1 Å². The van der Waals surface area contributed by atoms with E-state index in [4.69, 9.17) is 9.47 Å². The summed E-state index contributed by atoms with van der Waals surface area (Å²) < 4.78 is 46.5. The minimum Gasteiger partial charge on any atom is -0.493 e. The molecule has 1 aromatic rings. The van der Waals surface area contributed by atoms with E-state index in [2.05, 4.69) is 15.6 Å². The van der Waals surface area contributed by atoms with Crippen LogP contribution in [0.1, 0.15) is 18.4 Å². The largest absolute Gasteiger partial charge is 0.493 e. The van der Waals surface area contributed by atoms with Crippen molar-refractivity contribution in [3.63, 3.8) is 0 Å². The lowest BCUT2D eigenvalue weighted by Gasteiger charge is -2.15. The molecule has 0 atom stereocenters. The van der Waals surface area contributed by atoms with Crippen molar-refractivity contribution < 1.29 is 22.6 Å². The van der Waals surface area contributed by atoms with Gasteiger partial charge in [-0.05, 0) is 30.5 Å². The Morgan fingerprint density at radius 3 is 2.61 bits per heavy atom. The summed E-state index contributed by atoms with van der Waals surface area (Å²) in [5, 5.41) is 6.39. The van der Waals surface area contributed by atoms with Crippen LogP contribution in [0.2, 0.25) is 0 Å². The first-order valence-electron chi connectivity index (χ1n) is 7.25. The molecule has 1 aliphatic rings. The molecule has 23 heavy (non-hydrogen) atoms. The van der Waals surface area contributed by atoms with Gasteiger partial charge in [0.05, 0.1) is 7.11 Å². The van der Waals surface area contributed by atoms with Gasteiger partial charge >= 0.3 is 6.18 Å². The van der Waals surface area contributed by atoms with E-state index >= 15 is 0 Å². The lowest BCUT2D eigenvalue weighted by atomic mass is 10.2. The minimum absolute atomic E-state index is 0.0639. The van der Waals surface area contributed by atoms with Crippen LogP contribution >= 0.6 is 0 Å². The van der Waals surface area contributed by atoms with Crippen LogP contribution in [0.5, 0.6) is 11.5 Å². The molecule has 1 aromatic carbocycles. The predicted molar refractivity (Wildman–Crippen MR) is 80.9 cm³/mol. The first-order chi connectivity index (χ1) is 10.9. The van der Waals surface area contributed by atoms with Gasteiger partial charge in [-0.15, -0.1) is 0 Å². The fraction of sp³-hybridized carbons (Fsp3) is 0.533. The highest BCUT2D eigenvalue weighted by atomic mass is 19.4. The van der Waals surface area contributed by atoms with Gasteiger partial charge in [-0.2, -0.15) is 13.2 Å². The number of methoxy groups -OCH3 is 1. The second-order valence-corrected chi connectivity index (χ2v) is 5.23. The van der Waals surface area contributed by atoms with Gasteiger partial charge in [0.1, 0.15) is 0 Å². The number of guanidine groups is 1. The number of nitrogens with one attached hydrogen (secondary N) is 2. The summed E-state index contributed by atoms with van der Waals surface area (Å²) in [7, 11) is 3.08.